The molecule has 2 aliphatic rings. The maximum Gasteiger partial charge on any atom is 0.220 e. The third-order valence-corrected chi connectivity index (χ3v) is 5.11. The Bertz CT molecular complexity index is 605. The molecule has 2 heterocycles. The van der Waals surface area contributed by atoms with Crippen LogP contribution in [0.5, 0.6) is 0 Å². The van der Waals surface area contributed by atoms with Gasteiger partial charge in [0.1, 0.15) is 0 Å². The Hall–Kier alpha value is -1.39. The van der Waals surface area contributed by atoms with Gasteiger partial charge in [0.25, 0.3) is 0 Å². The molecule has 4 nitrogen and oxygen atoms in total. The molecule has 0 aliphatic carbocycles. The smallest absolute Gasteiger partial charge is 0.220 e. The fraction of sp³-hybridized carbons (Fsp3) is 0.579. The highest BCUT2D eigenvalue weighted by Gasteiger charge is 2.33. The van der Waals surface area contributed by atoms with E-state index in [9.17, 15) is 9.59 Å². The molecule has 2 N–H and O–H groups in total. The van der Waals surface area contributed by atoms with Crippen molar-refractivity contribution < 1.29 is 9.59 Å². The molecule has 2 bridgehead atoms. The van der Waals surface area contributed by atoms with E-state index in [1.54, 1.807) is 0 Å². The lowest BCUT2D eigenvalue weighted by atomic mass is 9.98. The molecule has 2 fully saturated rings. The summed E-state index contributed by atoms with van der Waals surface area (Å²) in [5.41, 5.74) is 2.81. The first-order valence-electron chi connectivity index (χ1n) is 8.67. The van der Waals surface area contributed by atoms with E-state index < -0.39 is 0 Å². The van der Waals surface area contributed by atoms with E-state index in [1.165, 1.54) is 12.8 Å². The zero-order valence-corrected chi connectivity index (χ0v) is 15.2. The van der Waals surface area contributed by atoms with Crippen molar-refractivity contribution in [2.45, 2.75) is 70.5 Å². The Morgan fingerprint density at radius 2 is 1.79 bits per heavy atom. The van der Waals surface area contributed by atoms with Crippen molar-refractivity contribution in [3.05, 3.63) is 34.9 Å². The molecule has 24 heavy (non-hydrogen) atoms. The molecule has 2 saturated heterocycles. The van der Waals surface area contributed by atoms with Gasteiger partial charge in [-0.3, -0.25) is 9.59 Å². The molecule has 132 valence electrons. The van der Waals surface area contributed by atoms with Gasteiger partial charge in [-0.2, -0.15) is 0 Å². The van der Waals surface area contributed by atoms with Crippen LogP contribution in [-0.2, 0) is 4.79 Å². The van der Waals surface area contributed by atoms with Crippen molar-refractivity contribution in [1.82, 2.24) is 10.6 Å². The van der Waals surface area contributed by atoms with Gasteiger partial charge in [-0.15, -0.1) is 12.4 Å². The van der Waals surface area contributed by atoms with Gasteiger partial charge in [-0.05, 0) is 51.2 Å². The summed E-state index contributed by atoms with van der Waals surface area (Å²) in [5, 5.41) is 6.69. The van der Waals surface area contributed by atoms with Crippen LogP contribution in [0.2, 0.25) is 0 Å². The van der Waals surface area contributed by atoms with E-state index in [2.05, 4.69) is 10.6 Å². The second-order valence-electron chi connectivity index (χ2n) is 7.12. The summed E-state index contributed by atoms with van der Waals surface area (Å²) in [4.78, 5) is 24.5. The second kappa shape index (κ2) is 8.13. The van der Waals surface area contributed by atoms with Crippen molar-refractivity contribution in [2.75, 3.05) is 0 Å². The van der Waals surface area contributed by atoms with E-state index in [0.717, 1.165) is 29.5 Å². The number of aryl methyl sites for hydroxylation is 2. The average molecular weight is 351 g/mol. The number of benzene rings is 1. The lowest BCUT2D eigenvalue weighted by molar-refractivity contribution is -0.122. The van der Waals surface area contributed by atoms with E-state index >= 15 is 0 Å². The Balaban J connectivity index is 0.00000208. The summed E-state index contributed by atoms with van der Waals surface area (Å²) in [6.07, 6.45) is 5.06. The Kier molecular flexibility index (Phi) is 6.41. The van der Waals surface area contributed by atoms with Gasteiger partial charge in [0.2, 0.25) is 5.91 Å². The second-order valence-corrected chi connectivity index (χ2v) is 7.12. The Morgan fingerprint density at radius 3 is 2.46 bits per heavy atom. The molecule has 0 radical (unpaired) electrons. The molecular formula is C19H27ClN2O2. The summed E-state index contributed by atoms with van der Waals surface area (Å²) in [5.74, 6) is 0.0710. The number of rotatable bonds is 5. The van der Waals surface area contributed by atoms with E-state index in [4.69, 9.17) is 0 Å². The summed E-state index contributed by atoms with van der Waals surface area (Å²) in [7, 11) is 0. The first-order chi connectivity index (χ1) is 11.0. The number of carbonyl (C=O) groups is 2. The number of nitrogens with one attached hydrogen (secondary N) is 2. The normalized spacial score (nSPS) is 25.0. The Labute approximate surface area is 150 Å². The zero-order chi connectivity index (χ0) is 16.4. The van der Waals surface area contributed by atoms with Gasteiger partial charge in [0.05, 0.1) is 0 Å². The number of piperidine rings is 1. The van der Waals surface area contributed by atoms with Gasteiger partial charge < -0.3 is 10.6 Å². The van der Waals surface area contributed by atoms with Gasteiger partial charge in [-0.25, -0.2) is 0 Å². The molecule has 2 atom stereocenters. The quantitative estimate of drug-likeness (QED) is 0.802. The summed E-state index contributed by atoms with van der Waals surface area (Å²) < 4.78 is 0. The van der Waals surface area contributed by atoms with Gasteiger partial charge in [0, 0.05) is 36.5 Å². The SMILES string of the molecule is Cc1ccc(C)c(C(=O)CCC(=O)NC2CC3CCC(C2)N3)c1.Cl. The largest absolute Gasteiger partial charge is 0.353 e. The molecule has 5 heteroatoms. The van der Waals surface area contributed by atoms with Crippen LogP contribution in [-0.4, -0.2) is 29.8 Å². The number of halogens is 1. The van der Waals surface area contributed by atoms with Crippen LogP contribution in [0.1, 0.15) is 60.0 Å². The van der Waals surface area contributed by atoms with Crippen LogP contribution >= 0.6 is 12.4 Å². The van der Waals surface area contributed by atoms with Crippen molar-refractivity contribution in [2.24, 2.45) is 0 Å². The van der Waals surface area contributed by atoms with Crippen molar-refractivity contribution in [3.8, 4) is 0 Å². The first-order valence-corrected chi connectivity index (χ1v) is 8.67. The predicted octanol–water partition coefficient (Wildman–Crippen LogP) is 3.09. The minimum atomic E-state index is 0. The van der Waals surface area contributed by atoms with Crippen LogP contribution < -0.4 is 10.6 Å². The summed E-state index contributed by atoms with van der Waals surface area (Å²) >= 11 is 0. The Morgan fingerprint density at radius 1 is 1.12 bits per heavy atom. The minimum absolute atomic E-state index is 0. The highest BCUT2D eigenvalue weighted by Crippen LogP contribution is 2.26. The molecule has 3 rings (SSSR count). The third kappa shape index (κ3) is 4.58. The van der Waals surface area contributed by atoms with Gasteiger partial charge >= 0.3 is 0 Å². The standard InChI is InChI=1S/C19H26N2O2.ClH/c1-12-3-4-13(2)17(9-12)18(22)7-8-19(23)21-16-10-14-5-6-15(11-16)20-14;/h3-4,9,14-16,20H,5-8,10-11H2,1-2H3,(H,21,23);1H. The highest BCUT2D eigenvalue weighted by atomic mass is 35.5. The van der Waals surface area contributed by atoms with Gasteiger partial charge in [-0.1, -0.05) is 17.7 Å². The molecular weight excluding hydrogens is 324 g/mol. The monoisotopic (exact) mass is 350 g/mol. The van der Waals surface area contributed by atoms with E-state index in [1.807, 2.05) is 32.0 Å². The van der Waals surface area contributed by atoms with E-state index in [0.29, 0.717) is 12.1 Å². The van der Waals surface area contributed by atoms with Crippen molar-refractivity contribution >= 4 is 24.1 Å². The number of fused-ring (bicyclic) bond motifs is 2. The first kappa shape index (κ1) is 18.9. The summed E-state index contributed by atoms with van der Waals surface area (Å²) in [6.45, 7) is 3.92. The number of hydrogen-bond acceptors (Lipinski definition) is 3. The molecule has 1 amide bonds. The maximum atomic E-state index is 12.3. The molecule has 2 unspecified atom stereocenters. The van der Waals surface area contributed by atoms with Crippen LogP contribution in [0, 0.1) is 13.8 Å². The summed E-state index contributed by atoms with van der Waals surface area (Å²) in [6, 6.07) is 7.29. The lowest BCUT2D eigenvalue weighted by Crippen LogP contribution is -2.48. The minimum Gasteiger partial charge on any atom is -0.353 e. The van der Waals surface area contributed by atoms with Crippen molar-refractivity contribution in [1.29, 1.82) is 0 Å². The molecule has 0 aromatic heterocycles. The third-order valence-electron chi connectivity index (χ3n) is 5.11. The molecule has 2 aliphatic heterocycles. The fourth-order valence-corrected chi connectivity index (χ4v) is 3.87. The number of carbonyl (C=O) groups excluding carboxylic acids is 2. The molecule has 1 aromatic carbocycles. The number of ketones is 1. The number of Topliss-reactive ketones (excluding diaryl/α,β-unsaturated/α-hetero) is 1. The fourth-order valence-electron chi connectivity index (χ4n) is 3.87. The van der Waals surface area contributed by atoms with E-state index in [-0.39, 0.29) is 43.0 Å². The van der Waals surface area contributed by atoms with Crippen LogP contribution in [0.4, 0.5) is 0 Å². The topological polar surface area (TPSA) is 58.2 Å². The zero-order valence-electron chi connectivity index (χ0n) is 14.4. The molecule has 1 aromatic rings. The van der Waals surface area contributed by atoms with Crippen LogP contribution in [0.25, 0.3) is 0 Å². The number of hydrogen-bond donors (Lipinski definition) is 2. The van der Waals surface area contributed by atoms with Crippen LogP contribution in [0.3, 0.4) is 0 Å². The lowest BCUT2D eigenvalue weighted by Gasteiger charge is -2.29. The highest BCUT2D eigenvalue weighted by molar-refractivity contribution is 5.99. The van der Waals surface area contributed by atoms with Gasteiger partial charge in [0.15, 0.2) is 5.78 Å². The molecule has 0 spiro atoms. The average Bonchev–Trinajstić information content (AvgIpc) is 2.86. The predicted molar refractivity (Wildman–Crippen MR) is 97.8 cm³/mol. The van der Waals surface area contributed by atoms with Crippen LogP contribution in [0.15, 0.2) is 18.2 Å². The number of amides is 1. The maximum absolute atomic E-state index is 12.3. The molecule has 0 saturated carbocycles. The van der Waals surface area contributed by atoms with Crippen molar-refractivity contribution in [3.63, 3.8) is 0 Å².